The maximum atomic E-state index is 12.4. The molecule has 1 saturated heterocycles. The Bertz CT molecular complexity index is 504. The van der Waals surface area contributed by atoms with Crippen molar-refractivity contribution < 1.29 is 9.59 Å². The van der Waals surface area contributed by atoms with Crippen LogP contribution in [0, 0.1) is 0 Å². The Kier molecular flexibility index (Phi) is 4.19. The maximum absolute atomic E-state index is 12.4. The number of nitrogens with zero attached hydrogens (tertiary/aromatic N) is 3. The average Bonchev–Trinajstić information content (AvgIpc) is 2.85. The summed E-state index contributed by atoms with van der Waals surface area (Å²) in [5.41, 5.74) is 0.507. The first kappa shape index (κ1) is 14.0. The summed E-state index contributed by atoms with van der Waals surface area (Å²) in [6.07, 6.45) is 4.74. The quantitative estimate of drug-likeness (QED) is 0.828. The fourth-order valence-corrected chi connectivity index (χ4v) is 2.62. The molecule has 1 aromatic rings. The fraction of sp³-hybridized carbons (Fsp3) is 0.462. The van der Waals surface area contributed by atoms with Gasteiger partial charge in [0.1, 0.15) is 6.04 Å². The highest BCUT2D eigenvalue weighted by atomic mass is 79.9. The minimum Gasteiger partial charge on any atom is -0.347 e. The Balaban J connectivity index is 2.21. The minimum absolute atomic E-state index is 0.0196. The van der Waals surface area contributed by atoms with E-state index in [0.717, 1.165) is 17.3 Å². The van der Waals surface area contributed by atoms with E-state index in [1.807, 2.05) is 0 Å². The lowest BCUT2D eigenvalue weighted by Gasteiger charge is -2.26. The molecule has 1 fully saturated rings. The van der Waals surface area contributed by atoms with Gasteiger partial charge in [0.05, 0.1) is 5.56 Å². The Morgan fingerprint density at radius 2 is 2.16 bits per heavy atom. The Morgan fingerprint density at radius 3 is 2.79 bits per heavy atom. The molecule has 1 aliphatic rings. The predicted octanol–water partition coefficient (Wildman–Crippen LogP) is 1.54. The molecule has 0 saturated carbocycles. The smallest absolute Gasteiger partial charge is 0.256 e. The lowest BCUT2D eigenvalue weighted by atomic mass is 10.2. The van der Waals surface area contributed by atoms with Crippen molar-refractivity contribution in [2.75, 3.05) is 20.6 Å². The van der Waals surface area contributed by atoms with Crippen LogP contribution in [0.2, 0.25) is 0 Å². The number of likely N-dealkylation sites (tertiary alicyclic amines) is 1. The molecule has 2 rings (SSSR count). The van der Waals surface area contributed by atoms with Gasteiger partial charge in [-0.1, -0.05) is 0 Å². The van der Waals surface area contributed by atoms with Crippen molar-refractivity contribution in [1.82, 2.24) is 14.8 Å². The van der Waals surface area contributed by atoms with E-state index in [4.69, 9.17) is 0 Å². The van der Waals surface area contributed by atoms with Crippen LogP contribution in [0.1, 0.15) is 23.2 Å². The zero-order valence-electron chi connectivity index (χ0n) is 11.0. The number of rotatable bonds is 2. The van der Waals surface area contributed by atoms with Gasteiger partial charge in [0.2, 0.25) is 5.91 Å². The molecule has 19 heavy (non-hydrogen) atoms. The van der Waals surface area contributed by atoms with Crippen LogP contribution in [0.4, 0.5) is 0 Å². The van der Waals surface area contributed by atoms with Crippen molar-refractivity contribution >= 4 is 27.7 Å². The van der Waals surface area contributed by atoms with Crippen LogP contribution in [0.3, 0.4) is 0 Å². The molecule has 5 nitrogen and oxygen atoms in total. The number of carbonyl (C=O) groups is 2. The zero-order valence-corrected chi connectivity index (χ0v) is 12.6. The third kappa shape index (κ3) is 2.94. The highest BCUT2D eigenvalue weighted by Gasteiger charge is 2.35. The van der Waals surface area contributed by atoms with E-state index >= 15 is 0 Å². The van der Waals surface area contributed by atoms with Gasteiger partial charge in [0.25, 0.3) is 5.91 Å². The van der Waals surface area contributed by atoms with Crippen LogP contribution in [0.25, 0.3) is 0 Å². The van der Waals surface area contributed by atoms with Crippen LogP contribution >= 0.6 is 15.9 Å². The van der Waals surface area contributed by atoms with E-state index in [0.29, 0.717) is 12.1 Å². The van der Waals surface area contributed by atoms with Gasteiger partial charge in [-0.15, -0.1) is 0 Å². The summed E-state index contributed by atoms with van der Waals surface area (Å²) < 4.78 is 0.757. The van der Waals surface area contributed by atoms with Gasteiger partial charge in [0.15, 0.2) is 0 Å². The van der Waals surface area contributed by atoms with Crippen molar-refractivity contribution in [3.8, 4) is 0 Å². The summed E-state index contributed by atoms with van der Waals surface area (Å²) in [6.45, 7) is 0.621. The number of aromatic nitrogens is 1. The van der Waals surface area contributed by atoms with Crippen molar-refractivity contribution in [2.45, 2.75) is 18.9 Å². The Labute approximate surface area is 120 Å². The fourth-order valence-electron chi connectivity index (χ4n) is 2.26. The van der Waals surface area contributed by atoms with Crippen LogP contribution in [0.5, 0.6) is 0 Å². The number of hydrogen-bond donors (Lipinski definition) is 0. The van der Waals surface area contributed by atoms with Crippen LogP contribution < -0.4 is 0 Å². The first-order valence-corrected chi connectivity index (χ1v) is 6.92. The number of carbonyl (C=O) groups excluding carboxylic acids is 2. The highest BCUT2D eigenvalue weighted by Crippen LogP contribution is 2.22. The molecule has 0 aliphatic carbocycles. The topological polar surface area (TPSA) is 53.5 Å². The number of halogens is 1. The predicted molar refractivity (Wildman–Crippen MR) is 74.7 cm³/mol. The molecule has 0 spiro atoms. The number of hydrogen-bond acceptors (Lipinski definition) is 3. The summed E-state index contributed by atoms with van der Waals surface area (Å²) in [7, 11) is 3.42. The van der Waals surface area contributed by atoms with Gasteiger partial charge in [0, 0.05) is 37.5 Å². The summed E-state index contributed by atoms with van der Waals surface area (Å²) in [5, 5.41) is 0. The molecule has 102 valence electrons. The van der Waals surface area contributed by atoms with E-state index in [1.54, 1.807) is 31.3 Å². The lowest BCUT2D eigenvalue weighted by Crippen LogP contribution is -2.45. The SMILES string of the molecule is CN(C)C(=O)C1CCCN1C(=O)c1cncc(Br)c1. The molecule has 0 N–H and O–H groups in total. The van der Waals surface area contributed by atoms with Crippen molar-refractivity contribution in [1.29, 1.82) is 0 Å². The molecule has 6 heteroatoms. The van der Waals surface area contributed by atoms with Gasteiger partial charge >= 0.3 is 0 Å². The third-order valence-corrected chi connectivity index (χ3v) is 3.62. The van der Waals surface area contributed by atoms with Crippen molar-refractivity contribution in [3.05, 3.63) is 28.5 Å². The lowest BCUT2D eigenvalue weighted by molar-refractivity contribution is -0.132. The molecule has 1 aromatic heterocycles. The molecule has 1 aliphatic heterocycles. The molecule has 0 aromatic carbocycles. The first-order valence-electron chi connectivity index (χ1n) is 6.13. The summed E-state index contributed by atoms with van der Waals surface area (Å²) >= 11 is 3.30. The maximum Gasteiger partial charge on any atom is 0.256 e. The van der Waals surface area contributed by atoms with E-state index in [9.17, 15) is 9.59 Å². The van der Waals surface area contributed by atoms with Gasteiger partial charge in [-0.2, -0.15) is 0 Å². The van der Waals surface area contributed by atoms with Crippen LogP contribution in [-0.2, 0) is 4.79 Å². The second-order valence-corrected chi connectivity index (χ2v) is 5.70. The Morgan fingerprint density at radius 1 is 1.42 bits per heavy atom. The zero-order chi connectivity index (χ0) is 14.0. The van der Waals surface area contributed by atoms with E-state index in [1.165, 1.54) is 11.1 Å². The molecule has 0 radical (unpaired) electrons. The minimum atomic E-state index is -0.346. The largest absolute Gasteiger partial charge is 0.347 e. The number of amides is 2. The molecular formula is C13H16BrN3O2. The van der Waals surface area contributed by atoms with Crippen LogP contribution in [-0.4, -0.2) is 53.3 Å². The number of likely N-dealkylation sites (N-methyl/N-ethyl adjacent to an activating group) is 1. The summed E-state index contributed by atoms with van der Waals surface area (Å²) in [4.78, 5) is 31.7. The highest BCUT2D eigenvalue weighted by molar-refractivity contribution is 9.10. The third-order valence-electron chi connectivity index (χ3n) is 3.19. The van der Waals surface area contributed by atoms with Gasteiger partial charge in [-0.25, -0.2) is 0 Å². The molecular weight excluding hydrogens is 310 g/mol. The van der Waals surface area contributed by atoms with Crippen molar-refractivity contribution in [2.24, 2.45) is 0 Å². The molecule has 2 heterocycles. The van der Waals surface area contributed by atoms with E-state index < -0.39 is 0 Å². The standard InChI is InChI=1S/C13H16BrN3O2/c1-16(2)13(19)11-4-3-5-17(11)12(18)9-6-10(14)8-15-7-9/h6-8,11H,3-5H2,1-2H3. The second kappa shape index (κ2) is 5.69. The molecule has 2 amide bonds. The van der Waals surface area contributed by atoms with E-state index in [-0.39, 0.29) is 17.9 Å². The summed E-state index contributed by atoms with van der Waals surface area (Å²) in [6, 6.07) is 1.38. The summed E-state index contributed by atoms with van der Waals surface area (Å²) in [5.74, 6) is -0.152. The van der Waals surface area contributed by atoms with Gasteiger partial charge in [-0.05, 0) is 34.8 Å². The normalized spacial score (nSPS) is 18.5. The monoisotopic (exact) mass is 325 g/mol. The van der Waals surface area contributed by atoms with E-state index in [2.05, 4.69) is 20.9 Å². The molecule has 1 atom stereocenters. The Hall–Kier alpha value is -1.43. The van der Waals surface area contributed by atoms with Gasteiger partial charge in [-0.3, -0.25) is 14.6 Å². The second-order valence-electron chi connectivity index (χ2n) is 4.78. The molecule has 1 unspecified atom stereocenters. The van der Waals surface area contributed by atoms with Gasteiger partial charge < -0.3 is 9.80 Å². The first-order chi connectivity index (χ1) is 9.00. The van der Waals surface area contributed by atoms with Crippen molar-refractivity contribution in [3.63, 3.8) is 0 Å². The average molecular weight is 326 g/mol. The van der Waals surface area contributed by atoms with Crippen LogP contribution in [0.15, 0.2) is 22.9 Å². The molecule has 0 bridgehead atoms. The number of pyridine rings is 1.